The fourth-order valence-corrected chi connectivity index (χ4v) is 3.23. The number of aromatic nitrogens is 2. The molecular formula is C24H23N3O. The van der Waals surface area contributed by atoms with E-state index in [1.54, 1.807) is 7.11 Å². The normalized spacial score (nSPS) is 10.6. The third-order valence-electron chi connectivity index (χ3n) is 4.89. The highest BCUT2D eigenvalue weighted by Gasteiger charge is 2.09. The van der Waals surface area contributed by atoms with E-state index in [1.807, 2.05) is 31.4 Å². The highest BCUT2D eigenvalue weighted by Crippen LogP contribution is 2.26. The molecule has 140 valence electrons. The zero-order valence-electron chi connectivity index (χ0n) is 16.1. The summed E-state index contributed by atoms with van der Waals surface area (Å²) in [6.45, 7) is 0.710. The van der Waals surface area contributed by atoms with Gasteiger partial charge in [-0.25, -0.2) is 4.98 Å². The predicted molar refractivity (Wildman–Crippen MR) is 114 cm³/mol. The maximum absolute atomic E-state index is 5.20. The molecule has 28 heavy (non-hydrogen) atoms. The summed E-state index contributed by atoms with van der Waals surface area (Å²) < 4.78 is 7.29. The number of nitrogens with zero attached hydrogens (tertiary/aromatic N) is 2. The highest BCUT2D eigenvalue weighted by atomic mass is 16.5. The van der Waals surface area contributed by atoms with Gasteiger partial charge in [-0.15, -0.1) is 0 Å². The fraction of sp³-hybridized carbons (Fsp3) is 0.125. The number of anilines is 1. The minimum Gasteiger partial charge on any atom is -0.497 e. The molecule has 0 aliphatic heterocycles. The van der Waals surface area contributed by atoms with Crippen LogP contribution in [0.3, 0.4) is 0 Å². The monoisotopic (exact) mass is 369 g/mol. The molecule has 1 N–H and O–H groups in total. The fourth-order valence-electron chi connectivity index (χ4n) is 3.23. The quantitative estimate of drug-likeness (QED) is 0.496. The minimum absolute atomic E-state index is 0.710. The van der Waals surface area contributed by atoms with Crippen molar-refractivity contribution in [3.05, 3.63) is 90.6 Å². The lowest BCUT2D eigenvalue weighted by atomic mass is 10.0. The van der Waals surface area contributed by atoms with Crippen molar-refractivity contribution in [1.82, 2.24) is 9.55 Å². The van der Waals surface area contributed by atoms with Gasteiger partial charge < -0.3 is 14.6 Å². The lowest BCUT2D eigenvalue weighted by molar-refractivity contribution is 0.414. The van der Waals surface area contributed by atoms with Crippen LogP contribution in [0.4, 0.5) is 5.95 Å². The smallest absolute Gasteiger partial charge is 0.203 e. The van der Waals surface area contributed by atoms with Crippen LogP contribution in [0.2, 0.25) is 0 Å². The molecule has 0 fully saturated rings. The first-order chi connectivity index (χ1) is 13.7. The Morgan fingerprint density at radius 2 is 1.46 bits per heavy atom. The van der Waals surface area contributed by atoms with Gasteiger partial charge in [0.05, 0.1) is 19.0 Å². The Labute approximate surface area is 165 Å². The van der Waals surface area contributed by atoms with Gasteiger partial charge in [0.2, 0.25) is 5.95 Å². The Bertz CT molecular complexity index is 1040. The zero-order chi connectivity index (χ0) is 19.3. The van der Waals surface area contributed by atoms with E-state index in [-0.39, 0.29) is 0 Å². The average molecular weight is 369 g/mol. The van der Waals surface area contributed by atoms with Crippen molar-refractivity contribution in [2.24, 2.45) is 7.05 Å². The molecule has 4 aromatic rings. The number of imidazole rings is 1. The number of nitrogens with one attached hydrogen (secondary N) is 1. The van der Waals surface area contributed by atoms with Crippen molar-refractivity contribution >= 4 is 5.95 Å². The molecule has 4 heteroatoms. The second-order valence-corrected chi connectivity index (χ2v) is 6.67. The molecule has 1 aromatic heterocycles. The zero-order valence-corrected chi connectivity index (χ0v) is 16.1. The summed E-state index contributed by atoms with van der Waals surface area (Å²) in [7, 11) is 3.71. The summed E-state index contributed by atoms with van der Waals surface area (Å²) in [4.78, 5) is 4.55. The number of hydrogen-bond donors (Lipinski definition) is 1. The van der Waals surface area contributed by atoms with Crippen LogP contribution in [0, 0.1) is 0 Å². The third-order valence-corrected chi connectivity index (χ3v) is 4.89. The lowest BCUT2D eigenvalue weighted by Crippen LogP contribution is -2.05. The number of benzene rings is 3. The standard InChI is InChI=1S/C24H23N3O/c1-27-23(21-12-10-20(11-13-21)19-6-4-3-5-7-19)17-26-24(27)25-16-18-8-14-22(28-2)15-9-18/h3-15,17H,16H2,1-2H3,(H,25,26). The van der Waals surface area contributed by atoms with E-state index in [1.165, 1.54) is 16.7 Å². The summed E-state index contributed by atoms with van der Waals surface area (Å²) in [5.41, 5.74) is 5.84. The molecule has 4 rings (SSSR count). The molecule has 0 aliphatic rings. The van der Waals surface area contributed by atoms with E-state index in [0.717, 1.165) is 23.0 Å². The maximum atomic E-state index is 5.20. The van der Waals surface area contributed by atoms with Crippen LogP contribution in [0.25, 0.3) is 22.4 Å². The van der Waals surface area contributed by atoms with E-state index in [2.05, 4.69) is 75.5 Å². The molecule has 0 atom stereocenters. The lowest BCUT2D eigenvalue weighted by Gasteiger charge is -2.09. The van der Waals surface area contributed by atoms with Gasteiger partial charge in [0, 0.05) is 13.6 Å². The molecule has 0 saturated heterocycles. The topological polar surface area (TPSA) is 39.1 Å². The summed E-state index contributed by atoms with van der Waals surface area (Å²) >= 11 is 0. The van der Waals surface area contributed by atoms with Gasteiger partial charge in [0.25, 0.3) is 0 Å². The summed E-state index contributed by atoms with van der Waals surface area (Å²) in [6, 6.07) is 27.1. The van der Waals surface area contributed by atoms with E-state index >= 15 is 0 Å². The molecule has 0 unspecified atom stereocenters. The van der Waals surface area contributed by atoms with Gasteiger partial charge in [0.15, 0.2) is 0 Å². The summed E-state index contributed by atoms with van der Waals surface area (Å²) in [5, 5.41) is 3.41. The number of ether oxygens (including phenoxy) is 1. The van der Waals surface area contributed by atoms with Crippen molar-refractivity contribution in [2.75, 3.05) is 12.4 Å². The second-order valence-electron chi connectivity index (χ2n) is 6.67. The Kier molecular flexibility index (Phi) is 5.11. The summed E-state index contributed by atoms with van der Waals surface area (Å²) in [6.07, 6.45) is 1.91. The molecular weight excluding hydrogens is 346 g/mol. The maximum Gasteiger partial charge on any atom is 0.203 e. The van der Waals surface area contributed by atoms with Gasteiger partial charge in [-0.05, 0) is 34.4 Å². The number of hydrogen-bond acceptors (Lipinski definition) is 3. The molecule has 4 nitrogen and oxygen atoms in total. The van der Waals surface area contributed by atoms with Gasteiger partial charge >= 0.3 is 0 Å². The largest absolute Gasteiger partial charge is 0.497 e. The molecule has 0 amide bonds. The second kappa shape index (κ2) is 8.01. The molecule has 3 aromatic carbocycles. The highest BCUT2D eigenvalue weighted by molar-refractivity contribution is 5.69. The van der Waals surface area contributed by atoms with Gasteiger partial charge in [-0.3, -0.25) is 0 Å². The van der Waals surface area contributed by atoms with E-state index in [0.29, 0.717) is 6.54 Å². The Balaban J connectivity index is 1.48. The van der Waals surface area contributed by atoms with E-state index < -0.39 is 0 Å². The predicted octanol–water partition coefficient (Wildman–Crippen LogP) is 5.37. The third kappa shape index (κ3) is 3.76. The van der Waals surface area contributed by atoms with E-state index in [9.17, 15) is 0 Å². The van der Waals surface area contributed by atoms with Gasteiger partial charge in [-0.2, -0.15) is 0 Å². The Hall–Kier alpha value is -3.53. The van der Waals surface area contributed by atoms with Crippen molar-refractivity contribution in [3.63, 3.8) is 0 Å². The van der Waals surface area contributed by atoms with Gasteiger partial charge in [0.1, 0.15) is 5.75 Å². The van der Waals surface area contributed by atoms with Crippen LogP contribution in [-0.2, 0) is 13.6 Å². The number of methoxy groups -OCH3 is 1. The first-order valence-corrected chi connectivity index (χ1v) is 9.29. The molecule has 0 radical (unpaired) electrons. The van der Waals surface area contributed by atoms with Crippen LogP contribution in [0.5, 0.6) is 5.75 Å². The SMILES string of the molecule is COc1ccc(CNc2ncc(-c3ccc(-c4ccccc4)cc3)n2C)cc1. The average Bonchev–Trinajstić information content (AvgIpc) is 3.13. The summed E-state index contributed by atoms with van der Waals surface area (Å²) in [5.74, 6) is 1.71. The van der Waals surface area contributed by atoms with Crippen LogP contribution >= 0.6 is 0 Å². The van der Waals surface area contributed by atoms with E-state index in [4.69, 9.17) is 4.74 Å². The van der Waals surface area contributed by atoms with Gasteiger partial charge in [-0.1, -0.05) is 66.7 Å². The first kappa shape index (κ1) is 17.9. The van der Waals surface area contributed by atoms with Crippen LogP contribution in [0.15, 0.2) is 85.1 Å². The van der Waals surface area contributed by atoms with Crippen molar-refractivity contribution in [3.8, 4) is 28.1 Å². The molecule has 0 saturated carbocycles. The minimum atomic E-state index is 0.710. The van der Waals surface area contributed by atoms with Crippen molar-refractivity contribution in [2.45, 2.75) is 6.54 Å². The molecule has 0 aliphatic carbocycles. The Morgan fingerprint density at radius 1 is 0.821 bits per heavy atom. The molecule has 0 bridgehead atoms. The van der Waals surface area contributed by atoms with Crippen LogP contribution < -0.4 is 10.1 Å². The Morgan fingerprint density at radius 3 is 2.14 bits per heavy atom. The molecule has 0 spiro atoms. The van der Waals surface area contributed by atoms with Crippen LogP contribution in [-0.4, -0.2) is 16.7 Å². The molecule has 1 heterocycles. The van der Waals surface area contributed by atoms with Crippen LogP contribution in [0.1, 0.15) is 5.56 Å². The van der Waals surface area contributed by atoms with Crippen molar-refractivity contribution in [1.29, 1.82) is 0 Å². The van der Waals surface area contributed by atoms with Crippen molar-refractivity contribution < 1.29 is 4.74 Å². The first-order valence-electron chi connectivity index (χ1n) is 9.29. The number of rotatable bonds is 6.